The van der Waals surface area contributed by atoms with Gasteiger partial charge in [-0.3, -0.25) is 9.59 Å². The summed E-state index contributed by atoms with van der Waals surface area (Å²) in [6, 6.07) is 12.6. The van der Waals surface area contributed by atoms with E-state index >= 15 is 0 Å². The Bertz CT molecular complexity index is 1270. The molecule has 0 spiro atoms. The number of amides is 2. The van der Waals surface area contributed by atoms with Crippen molar-refractivity contribution in [3.05, 3.63) is 54.2 Å². The predicted octanol–water partition coefficient (Wildman–Crippen LogP) is 3.14. The molecule has 0 bridgehead atoms. The zero-order chi connectivity index (χ0) is 24.9. The van der Waals surface area contributed by atoms with Gasteiger partial charge in [-0.15, -0.1) is 0 Å². The van der Waals surface area contributed by atoms with E-state index in [9.17, 15) is 9.59 Å². The van der Waals surface area contributed by atoms with E-state index in [-0.39, 0.29) is 30.8 Å². The van der Waals surface area contributed by atoms with Crippen molar-refractivity contribution in [2.75, 3.05) is 34.4 Å². The second kappa shape index (κ2) is 10.2. The van der Waals surface area contributed by atoms with Crippen molar-refractivity contribution in [2.24, 2.45) is 0 Å². The lowest BCUT2D eigenvalue weighted by molar-refractivity contribution is -0.120. The van der Waals surface area contributed by atoms with Crippen molar-refractivity contribution in [1.82, 2.24) is 15.3 Å². The average Bonchev–Trinajstić information content (AvgIpc) is 2.98. The van der Waals surface area contributed by atoms with Crippen LogP contribution in [0.3, 0.4) is 0 Å². The number of benzene rings is 2. The van der Waals surface area contributed by atoms with Crippen molar-refractivity contribution in [3.63, 3.8) is 0 Å². The molecule has 1 aromatic heterocycles. The Balaban J connectivity index is 1.63. The first-order valence-electron chi connectivity index (χ1n) is 11.3. The van der Waals surface area contributed by atoms with Crippen LogP contribution in [0.5, 0.6) is 0 Å². The maximum Gasteiger partial charge on any atom is 0.239 e. The Morgan fingerprint density at radius 1 is 1.26 bits per heavy atom. The molecule has 0 unspecified atom stereocenters. The fraction of sp³-hybridized carbons (Fsp3) is 0.240. The maximum atomic E-state index is 12.5. The van der Waals surface area contributed by atoms with Crippen molar-refractivity contribution in [1.29, 1.82) is 5.41 Å². The monoisotopic (exact) mass is 472 g/mol. The summed E-state index contributed by atoms with van der Waals surface area (Å²) in [6.45, 7) is 4.37. The third-order valence-corrected chi connectivity index (χ3v) is 5.43. The molecule has 1 aliphatic heterocycles. The summed E-state index contributed by atoms with van der Waals surface area (Å²) in [4.78, 5) is 35.6. The summed E-state index contributed by atoms with van der Waals surface area (Å²) < 4.78 is 0. The summed E-state index contributed by atoms with van der Waals surface area (Å²) in [5.41, 5.74) is 9.88. The molecule has 10 nitrogen and oxygen atoms in total. The molecule has 10 heteroatoms. The molecule has 0 aliphatic carbocycles. The fourth-order valence-corrected chi connectivity index (χ4v) is 3.81. The number of nitrogen functional groups attached to an aromatic ring is 1. The van der Waals surface area contributed by atoms with Crippen molar-refractivity contribution >= 4 is 46.6 Å². The van der Waals surface area contributed by atoms with E-state index in [4.69, 9.17) is 11.1 Å². The van der Waals surface area contributed by atoms with Gasteiger partial charge in [0.15, 0.2) is 5.82 Å². The van der Waals surface area contributed by atoms with Crippen LogP contribution in [0.15, 0.2) is 48.7 Å². The van der Waals surface area contributed by atoms with Gasteiger partial charge in [0, 0.05) is 53.9 Å². The molecule has 0 radical (unpaired) electrons. The van der Waals surface area contributed by atoms with Crippen molar-refractivity contribution in [2.45, 2.75) is 26.3 Å². The SMILES string of the molecule is CC(C)NC(=O)CN1CCC(=O)Nc2ccc(-c3nccc(Nc4ccc(N)c(C=N)c4)n3)cc21. The van der Waals surface area contributed by atoms with Gasteiger partial charge in [-0.05, 0) is 56.3 Å². The molecule has 35 heavy (non-hydrogen) atoms. The molecular weight excluding hydrogens is 444 g/mol. The van der Waals surface area contributed by atoms with Gasteiger partial charge < -0.3 is 32.0 Å². The number of hydrogen-bond donors (Lipinski definition) is 5. The number of nitrogens with zero attached hydrogens (tertiary/aromatic N) is 3. The van der Waals surface area contributed by atoms with E-state index in [1.165, 1.54) is 6.21 Å². The third kappa shape index (κ3) is 5.72. The average molecular weight is 473 g/mol. The molecule has 2 amide bonds. The highest BCUT2D eigenvalue weighted by Gasteiger charge is 2.22. The Labute approximate surface area is 203 Å². The Kier molecular flexibility index (Phi) is 6.91. The molecule has 6 N–H and O–H groups in total. The van der Waals surface area contributed by atoms with Crippen LogP contribution in [-0.2, 0) is 9.59 Å². The van der Waals surface area contributed by atoms with Gasteiger partial charge in [-0.1, -0.05) is 0 Å². The minimum atomic E-state index is -0.110. The van der Waals surface area contributed by atoms with Gasteiger partial charge in [-0.2, -0.15) is 0 Å². The largest absolute Gasteiger partial charge is 0.398 e. The zero-order valence-electron chi connectivity index (χ0n) is 19.6. The predicted molar refractivity (Wildman–Crippen MR) is 138 cm³/mol. The van der Waals surface area contributed by atoms with Gasteiger partial charge in [0.1, 0.15) is 5.82 Å². The minimum Gasteiger partial charge on any atom is -0.398 e. The molecule has 0 saturated heterocycles. The fourth-order valence-electron chi connectivity index (χ4n) is 3.81. The highest BCUT2D eigenvalue weighted by Crippen LogP contribution is 2.33. The number of aromatic nitrogens is 2. The first-order chi connectivity index (χ1) is 16.8. The Hall–Kier alpha value is -4.47. The summed E-state index contributed by atoms with van der Waals surface area (Å²) in [5, 5.41) is 16.5. The van der Waals surface area contributed by atoms with Crippen molar-refractivity contribution in [3.8, 4) is 11.4 Å². The first kappa shape index (κ1) is 23.7. The molecule has 180 valence electrons. The van der Waals surface area contributed by atoms with Crippen LogP contribution in [0.2, 0.25) is 0 Å². The first-order valence-corrected chi connectivity index (χ1v) is 11.3. The summed E-state index contributed by atoms with van der Waals surface area (Å²) >= 11 is 0. The van der Waals surface area contributed by atoms with E-state index in [1.807, 2.05) is 36.9 Å². The van der Waals surface area contributed by atoms with Gasteiger partial charge in [0.05, 0.1) is 17.9 Å². The molecule has 0 atom stereocenters. The van der Waals surface area contributed by atoms with Gasteiger partial charge >= 0.3 is 0 Å². The highest BCUT2D eigenvalue weighted by molar-refractivity contribution is 5.98. The lowest BCUT2D eigenvalue weighted by Crippen LogP contribution is -2.40. The van der Waals surface area contributed by atoms with Gasteiger partial charge in [-0.25, -0.2) is 9.97 Å². The zero-order valence-corrected chi connectivity index (χ0v) is 19.6. The van der Waals surface area contributed by atoms with Crippen molar-refractivity contribution < 1.29 is 9.59 Å². The van der Waals surface area contributed by atoms with Gasteiger partial charge in [0.2, 0.25) is 11.8 Å². The van der Waals surface area contributed by atoms with Crippen LogP contribution in [0, 0.1) is 5.41 Å². The van der Waals surface area contributed by atoms with Crippen LogP contribution in [0.25, 0.3) is 11.4 Å². The number of nitrogens with one attached hydrogen (secondary N) is 4. The third-order valence-electron chi connectivity index (χ3n) is 5.43. The van der Waals surface area contributed by atoms with Crippen LogP contribution < -0.4 is 26.6 Å². The topological polar surface area (TPSA) is 149 Å². The van der Waals surface area contributed by atoms with E-state index in [0.717, 1.165) is 16.9 Å². The maximum absolute atomic E-state index is 12.5. The Morgan fingerprint density at radius 2 is 2.09 bits per heavy atom. The number of nitrogens with two attached hydrogens (primary N) is 1. The van der Waals surface area contributed by atoms with E-state index < -0.39 is 0 Å². The lowest BCUT2D eigenvalue weighted by Gasteiger charge is -2.24. The second-order valence-electron chi connectivity index (χ2n) is 8.55. The summed E-state index contributed by atoms with van der Waals surface area (Å²) in [5.74, 6) is 0.858. The summed E-state index contributed by atoms with van der Waals surface area (Å²) in [6.07, 6.45) is 3.14. The summed E-state index contributed by atoms with van der Waals surface area (Å²) in [7, 11) is 0. The molecule has 0 saturated carbocycles. The van der Waals surface area contributed by atoms with E-state index in [1.54, 1.807) is 30.5 Å². The van der Waals surface area contributed by atoms with Crippen LogP contribution in [-0.4, -0.2) is 47.1 Å². The molecule has 1 aliphatic rings. The smallest absolute Gasteiger partial charge is 0.239 e. The normalized spacial score (nSPS) is 13.0. The van der Waals surface area contributed by atoms with E-state index in [0.29, 0.717) is 35.1 Å². The van der Waals surface area contributed by atoms with Gasteiger partial charge in [0.25, 0.3) is 0 Å². The van der Waals surface area contributed by atoms with Crippen LogP contribution in [0.1, 0.15) is 25.8 Å². The van der Waals surface area contributed by atoms with Crippen LogP contribution in [0.4, 0.5) is 28.6 Å². The molecule has 2 aromatic carbocycles. The Morgan fingerprint density at radius 3 is 2.86 bits per heavy atom. The second-order valence-corrected chi connectivity index (χ2v) is 8.55. The number of anilines is 5. The quantitative estimate of drug-likeness (QED) is 0.262. The molecule has 4 rings (SSSR count). The molecular formula is C25H28N8O2. The molecule has 0 fully saturated rings. The van der Waals surface area contributed by atoms with E-state index in [2.05, 4.69) is 25.9 Å². The molecule has 3 aromatic rings. The highest BCUT2D eigenvalue weighted by atomic mass is 16.2. The van der Waals surface area contributed by atoms with Crippen LogP contribution >= 0.6 is 0 Å². The number of carbonyl (C=O) groups is 2. The minimum absolute atomic E-state index is 0.0276. The molecule has 2 heterocycles. The number of hydrogen-bond acceptors (Lipinski definition) is 8. The lowest BCUT2D eigenvalue weighted by atomic mass is 10.1. The number of carbonyl (C=O) groups excluding carboxylic acids is 2. The number of rotatable bonds is 7. The standard InChI is InChI=1S/C25H28N8O2/c1-15(2)29-24(35)14-33-10-8-23(34)31-20-6-3-16(12-21(20)33)25-28-9-7-22(32-25)30-18-4-5-19(27)17(11-18)13-26/h3-7,9,11-13,15,26H,8,10,14,27H2,1-2H3,(H,29,35)(H,31,34)(H,28,30,32). The number of fused-ring (bicyclic) bond motifs is 1.